The fraction of sp³-hybridized carbons (Fsp3) is 0.211. The molecule has 0 aliphatic heterocycles. The number of nitrogens with zero attached hydrogens (tertiary/aromatic N) is 6. The molecule has 0 spiro atoms. The molecular formula is C38H36N6O2S. The van der Waals surface area contributed by atoms with Crippen molar-refractivity contribution in [2.24, 2.45) is 32.3 Å². The Morgan fingerprint density at radius 3 is 1.11 bits per heavy atom. The van der Waals surface area contributed by atoms with Gasteiger partial charge in [0, 0.05) is 11.1 Å². The number of aromatic nitrogens is 2. The topological polar surface area (TPSA) is 93.7 Å². The van der Waals surface area contributed by atoms with E-state index in [1.165, 1.54) is 11.7 Å². The van der Waals surface area contributed by atoms with Crippen molar-refractivity contribution in [3.8, 4) is 33.8 Å². The molecule has 0 radical (unpaired) electrons. The Morgan fingerprint density at radius 1 is 0.468 bits per heavy atom. The van der Waals surface area contributed by atoms with Gasteiger partial charge in [-0.3, -0.25) is 0 Å². The van der Waals surface area contributed by atoms with E-state index in [2.05, 4.69) is 69.0 Å². The van der Waals surface area contributed by atoms with Gasteiger partial charge in [0.15, 0.2) is 0 Å². The average molecular weight is 641 g/mol. The molecule has 5 aromatic carbocycles. The highest BCUT2D eigenvalue weighted by molar-refractivity contribution is 7.00. The molecule has 9 heteroatoms. The van der Waals surface area contributed by atoms with Gasteiger partial charge < -0.3 is 9.47 Å². The van der Waals surface area contributed by atoms with Crippen LogP contribution in [0.4, 0.5) is 22.7 Å². The van der Waals surface area contributed by atoms with Crippen molar-refractivity contribution in [3.05, 3.63) is 109 Å². The summed E-state index contributed by atoms with van der Waals surface area (Å²) < 4.78 is 20.8. The molecule has 6 rings (SSSR count). The number of hydrogen-bond acceptors (Lipinski definition) is 9. The number of fused-ring (bicyclic) bond motifs is 1. The minimum absolute atomic E-state index is 0.477. The molecular weight excluding hydrogens is 605 g/mol. The highest BCUT2D eigenvalue weighted by Gasteiger charge is 2.13. The Morgan fingerprint density at radius 2 is 0.787 bits per heavy atom. The minimum atomic E-state index is 0.477. The zero-order chi connectivity index (χ0) is 32.6. The van der Waals surface area contributed by atoms with Gasteiger partial charge in [0.05, 0.1) is 47.7 Å². The van der Waals surface area contributed by atoms with E-state index in [1.54, 1.807) is 0 Å². The van der Waals surface area contributed by atoms with E-state index in [9.17, 15) is 0 Å². The van der Waals surface area contributed by atoms with Crippen LogP contribution in [0, 0.1) is 11.8 Å². The summed E-state index contributed by atoms with van der Waals surface area (Å²) in [6.45, 7) is 9.88. The first-order valence-electron chi connectivity index (χ1n) is 15.7. The van der Waals surface area contributed by atoms with Crippen molar-refractivity contribution in [2.45, 2.75) is 27.7 Å². The quantitative estimate of drug-likeness (QED) is 0.124. The van der Waals surface area contributed by atoms with Gasteiger partial charge in [-0.15, -0.1) is 0 Å². The van der Waals surface area contributed by atoms with Gasteiger partial charge >= 0.3 is 0 Å². The fourth-order valence-corrected chi connectivity index (χ4v) is 5.30. The zero-order valence-electron chi connectivity index (χ0n) is 26.9. The third-order valence-electron chi connectivity index (χ3n) is 7.17. The second-order valence-electron chi connectivity index (χ2n) is 12.0. The number of hydrogen-bond donors (Lipinski definition) is 0. The molecule has 0 N–H and O–H groups in total. The Bertz CT molecular complexity index is 1820. The molecule has 0 atom stereocenters. The van der Waals surface area contributed by atoms with E-state index in [-0.39, 0.29) is 0 Å². The maximum Gasteiger partial charge on any atom is 0.119 e. The van der Waals surface area contributed by atoms with E-state index in [1.807, 2.05) is 97.1 Å². The molecule has 236 valence electrons. The predicted molar refractivity (Wildman–Crippen MR) is 190 cm³/mol. The Labute approximate surface area is 279 Å². The van der Waals surface area contributed by atoms with Crippen molar-refractivity contribution in [3.63, 3.8) is 0 Å². The summed E-state index contributed by atoms with van der Waals surface area (Å²) in [7, 11) is 0. The molecule has 0 fully saturated rings. The molecule has 8 nitrogen and oxygen atoms in total. The van der Waals surface area contributed by atoms with E-state index in [0.29, 0.717) is 25.0 Å². The van der Waals surface area contributed by atoms with Crippen molar-refractivity contribution in [1.29, 1.82) is 0 Å². The summed E-state index contributed by atoms with van der Waals surface area (Å²) >= 11 is 1.21. The molecule has 0 saturated carbocycles. The highest BCUT2D eigenvalue weighted by atomic mass is 32.1. The van der Waals surface area contributed by atoms with Crippen LogP contribution in [0.25, 0.3) is 33.3 Å². The van der Waals surface area contributed by atoms with Gasteiger partial charge in [-0.25, -0.2) is 0 Å². The van der Waals surface area contributed by atoms with E-state index in [0.717, 1.165) is 67.5 Å². The molecule has 0 aliphatic carbocycles. The summed E-state index contributed by atoms with van der Waals surface area (Å²) in [5.41, 5.74) is 8.91. The first kappa shape index (κ1) is 31.7. The summed E-state index contributed by atoms with van der Waals surface area (Å²) in [6.07, 6.45) is 0. The lowest BCUT2D eigenvalue weighted by Crippen LogP contribution is -2.03. The molecule has 0 saturated heterocycles. The molecule has 0 bridgehead atoms. The monoisotopic (exact) mass is 640 g/mol. The minimum Gasteiger partial charge on any atom is -0.493 e. The first-order valence-corrected chi connectivity index (χ1v) is 16.4. The SMILES string of the molecule is CC(C)COc1ccc(N=Nc2ccc(-c3ccc(-c4ccc(N=Nc5ccc(OCC(C)C)cc5)cc4)c4nsnc34)cc2)cc1. The predicted octanol–water partition coefficient (Wildman–Crippen LogP) is 11.9. The van der Waals surface area contributed by atoms with E-state index in [4.69, 9.17) is 9.47 Å². The van der Waals surface area contributed by atoms with E-state index < -0.39 is 0 Å². The Hall–Kier alpha value is -5.28. The normalized spacial score (nSPS) is 11.8. The smallest absolute Gasteiger partial charge is 0.119 e. The van der Waals surface area contributed by atoms with Crippen LogP contribution in [0.2, 0.25) is 0 Å². The third-order valence-corrected chi connectivity index (χ3v) is 7.70. The Kier molecular flexibility index (Phi) is 10.0. The van der Waals surface area contributed by atoms with E-state index >= 15 is 0 Å². The first-order chi connectivity index (χ1) is 22.9. The third kappa shape index (κ3) is 8.31. The molecule has 0 unspecified atom stereocenters. The maximum atomic E-state index is 5.75. The highest BCUT2D eigenvalue weighted by Crippen LogP contribution is 2.36. The largest absolute Gasteiger partial charge is 0.493 e. The molecule has 0 amide bonds. The van der Waals surface area contributed by atoms with Crippen LogP contribution < -0.4 is 9.47 Å². The summed E-state index contributed by atoms with van der Waals surface area (Å²) in [4.78, 5) is 0. The van der Waals surface area contributed by atoms with Crippen LogP contribution in [-0.4, -0.2) is 22.0 Å². The number of azo groups is 2. The summed E-state index contributed by atoms with van der Waals surface area (Å²) in [6, 6.07) is 35.5. The molecule has 47 heavy (non-hydrogen) atoms. The van der Waals surface area contributed by atoms with Gasteiger partial charge in [-0.1, -0.05) is 64.1 Å². The van der Waals surface area contributed by atoms with Crippen LogP contribution in [-0.2, 0) is 0 Å². The number of ether oxygens (including phenoxy) is 2. The Balaban J connectivity index is 1.12. The standard InChI is InChI=1S/C38H36N6O2S/c1-25(2)23-45-33-17-13-31(14-18-33)41-39-29-9-5-27(6-10-29)35-21-22-36(38-37(35)43-47-44-38)28-7-11-30(12-8-28)40-42-32-15-19-34(20-16-32)46-24-26(3)4/h5-22,25-26H,23-24H2,1-4H3. The molecule has 6 aromatic rings. The van der Waals surface area contributed by atoms with Crippen molar-refractivity contribution < 1.29 is 9.47 Å². The molecule has 1 aromatic heterocycles. The van der Waals surface area contributed by atoms with Crippen LogP contribution in [0.15, 0.2) is 130 Å². The lowest BCUT2D eigenvalue weighted by Gasteiger charge is -2.08. The number of benzene rings is 5. The van der Waals surface area contributed by atoms with Crippen LogP contribution >= 0.6 is 11.7 Å². The zero-order valence-corrected chi connectivity index (χ0v) is 27.7. The lowest BCUT2D eigenvalue weighted by molar-refractivity contribution is 0.271. The van der Waals surface area contributed by atoms with Crippen molar-refractivity contribution >= 4 is 45.5 Å². The molecule has 0 aliphatic rings. The average Bonchev–Trinajstić information content (AvgIpc) is 3.59. The second kappa shape index (κ2) is 14.9. The van der Waals surface area contributed by atoms with Crippen LogP contribution in [0.1, 0.15) is 27.7 Å². The van der Waals surface area contributed by atoms with Crippen LogP contribution in [0.5, 0.6) is 11.5 Å². The van der Waals surface area contributed by atoms with Gasteiger partial charge in [-0.05, 0) is 95.8 Å². The number of rotatable bonds is 12. The maximum absolute atomic E-state index is 5.75. The summed E-state index contributed by atoms with van der Waals surface area (Å²) in [5, 5.41) is 17.6. The van der Waals surface area contributed by atoms with Gasteiger partial charge in [0.25, 0.3) is 0 Å². The van der Waals surface area contributed by atoms with Gasteiger partial charge in [0.1, 0.15) is 22.5 Å². The van der Waals surface area contributed by atoms with Crippen molar-refractivity contribution in [1.82, 2.24) is 8.75 Å². The van der Waals surface area contributed by atoms with Gasteiger partial charge in [-0.2, -0.15) is 29.2 Å². The fourth-order valence-electron chi connectivity index (χ4n) is 4.72. The van der Waals surface area contributed by atoms with Crippen molar-refractivity contribution in [2.75, 3.05) is 13.2 Å². The summed E-state index contributed by atoms with van der Waals surface area (Å²) in [5.74, 6) is 2.62. The second-order valence-corrected chi connectivity index (χ2v) is 12.5. The van der Waals surface area contributed by atoms with Gasteiger partial charge in [0.2, 0.25) is 0 Å². The molecule has 1 heterocycles. The van der Waals surface area contributed by atoms with Crippen LogP contribution in [0.3, 0.4) is 0 Å². The lowest BCUT2D eigenvalue weighted by atomic mass is 9.97.